The third-order valence-corrected chi connectivity index (χ3v) is 4.43. The van der Waals surface area contributed by atoms with Gasteiger partial charge < -0.3 is 5.11 Å². The van der Waals surface area contributed by atoms with Gasteiger partial charge in [-0.25, -0.2) is 0 Å². The van der Waals surface area contributed by atoms with Crippen LogP contribution in [-0.4, -0.2) is 10.7 Å². The van der Waals surface area contributed by atoms with Gasteiger partial charge in [0.25, 0.3) is 0 Å². The lowest BCUT2D eigenvalue weighted by molar-refractivity contribution is 0.00619. The minimum atomic E-state index is -0.413. The average molecular weight is 210 g/mol. The molecule has 4 atom stereocenters. The van der Waals surface area contributed by atoms with Crippen molar-refractivity contribution in [3.8, 4) is 0 Å². The van der Waals surface area contributed by atoms with Gasteiger partial charge in [0.05, 0.1) is 5.60 Å². The van der Waals surface area contributed by atoms with Crippen molar-refractivity contribution in [2.45, 2.75) is 64.9 Å². The molecule has 4 unspecified atom stereocenters. The summed E-state index contributed by atoms with van der Waals surface area (Å²) in [7, 11) is 0. The van der Waals surface area contributed by atoms with Gasteiger partial charge in [0, 0.05) is 0 Å². The van der Waals surface area contributed by atoms with E-state index in [0.717, 1.165) is 30.6 Å². The molecular formula is C14H26O. The fraction of sp³-hybridized carbons (Fsp3) is 1.00. The summed E-state index contributed by atoms with van der Waals surface area (Å²) in [6, 6.07) is 0. The van der Waals surface area contributed by atoms with Crippen LogP contribution >= 0.6 is 0 Å². The number of hydrogen-bond acceptors (Lipinski definition) is 1. The van der Waals surface area contributed by atoms with Crippen molar-refractivity contribution in [2.24, 2.45) is 23.7 Å². The minimum Gasteiger partial charge on any atom is -0.390 e. The molecule has 2 aliphatic carbocycles. The van der Waals surface area contributed by atoms with E-state index in [-0.39, 0.29) is 0 Å². The fourth-order valence-electron chi connectivity index (χ4n) is 4.15. The molecule has 0 aromatic carbocycles. The SMILES string of the molecule is CC(C)CC(C)(O)CC1CC2CCC1C2. The molecule has 0 aromatic rings. The second-order valence-electron chi connectivity index (χ2n) is 6.73. The second kappa shape index (κ2) is 4.08. The van der Waals surface area contributed by atoms with Crippen LogP contribution in [-0.2, 0) is 0 Å². The average Bonchev–Trinajstić information content (AvgIpc) is 2.60. The third kappa shape index (κ3) is 2.75. The Bertz CT molecular complexity index is 219. The number of aliphatic hydroxyl groups is 1. The first-order chi connectivity index (χ1) is 6.96. The van der Waals surface area contributed by atoms with Crippen LogP contribution in [0, 0.1) is 23.7 Å². The van der Waals surface area contributed by atoms with Gasteiger partial charge in [-0.15, -0.1) is 0 Å². The van der Waals surface area contributed by atoms with Crippen LogP contribution in [0.5, 0.6) is 0 Å². The topological polar surface area (TPSA) is 20.2 Å². The maximum atomic E-state index is 10.4. The Morgan fingerprint density at radius 1 is 1.27 bits per heavy atom. The number of hydrogen-bond donors (Lipinski definition) is 1. The maximum Gasteiger partial charge on any atom is 0.0625 e. The van der Waals surface area contributed by atoms with Crippen molar-refractivity contribution in [3.63, 3.8) is 0 Å². The molecule has 2 aliphatic rings. The zero-order valence-electron chi connectivity index (χ0n) is 10.5. The van der Waals surface area contributed by atoms with E-state index < -0.39 is 5.60 Å². The van der Waals surface area contributed by atoms with E-state index in [0.29, 0.717) is 5.92 Å². The zero-order chi connectivity index (χ0) is 11.1. The highest BCUT2D eigenvalue weighted by molar-refractivity contribution is 4.93. The highest BCUT2D eigenvalue weighted by atomic mass is 16.3. The lowest BCUT2D eigenvalue weighted by atomic mass is 9.78. The van der Waals surface area contributed by atoms with Crippen LogP contribution in [0.1, 0.15) is 59.3 Å². The molecule has 1 heteroatoms. The maximum absolute atomic E-state index is 10.4. The Morgan fingerprint density at radius 3 is 2.47 bits per heavy atom. The summed E-state index contributed by atoms with van der Waals surface area (Å²) in [6.07, 6.45) is 7.77. The van der Waals surface area contributed by atoms with Crippen molar-refractivity contribution in [3.05, 3.63) is 0 Å². The lowest BCUT2D eigenvalue weighted by Gasteiger charge is -2.32. The molecule has 1 N–H and O–H groups in total. The molecule has 0 aromatic heterocycles. The van der Waals surface area contributed by atoms with Crippen molar-refractivity contribution in [1.82, 2.24) is 0 Å². The van der Waals surface area contributed by atoms with Crippen LogP contribution in [0.2, 0.25) is 0 Å². The first kappa shape index (κ1) is 11.4. The van der Waals surface area contributed by atoms with Gasteiger partial charge in [0.1, 0.15) is 0 Å². The monoisotopic (exact) mass is 210 g/mol. The van der Waals surface area contributed by atoms with E-state index in [1.165, 1.54) is 25.7 Å². The summed E-state index contributed by atoms with van der Waals surface area (Å²) in [6.45, 7) is 6.45. The quantitative estimate of drug-likeness (QED) is 0.751. The Balaban J connectivity index is 1.86. The summed E-state index contributed by atoms with van der Waals surface area (Å²) in [5.41, 5.74) is -0.413. The molecule has 0 aliphatic heterocycles. The smallest absolute Gasteiger partial charge is 0.0625 e. The molecule has 2 bridgehead atoms. The first-order valence-corrected chi connectivity index (χ1v) is 6.68. The first-order valence-electron chi connectivity index (χ1n) is 6.68. The van der Waals surface area contributed by atoms with Crippen LogP contribution < -0.4 is 0 Å². The van der Waals surface area contributed by atoms with Gasteiger partial charge in [0.15, 0.2) is 0 Å². The van der Waals surface area contributed by atoms with Crippen LogP contribution in [0.3, 0.4) is 0 Å². The molecule has 2 saturated carbocycles. The van der Waals surface area contributed by atoms with Gasteiger partial charge in [-0.05, 0) is 62.7 Å². The van der Waals surface area contributed by atoms with Gasteiger partial charge in [0.2, 0.25) is 0 Å². The fourth-order valence-corrected chi connectivity index (χ4v) is 4.15. The highest BCUT2D eigenvalue weighted by Gasteiger charge is 2.41. The van der Waals surface area contributed by atoms with Gasteiger partial charge in [-0.2, -0.15) is 0 Å². The minimum absolute atomic E-state index is 0.413. The summed E-state index contributed by atoms with van der Waals surface area (Å²) in [5.74, 6) is 3.40. The van der Waals surface area contributed by atoms with Gasteiger partial charge in [-0.1, -0.05) is 20.3 Å². The molecule has 2 rings (SSSR count). The second-order valence-corrected chi connectivity index (χ2v) is 6.73. The molecule has 88 valence electrons. The number of rotatable bonds is 4. The molecule has 15 heavy (non-hydrogen) atoms. The van der Waals surface area contributed by atoms with Crippen molar-refractivity contribution in [1.29, 1.82) is 0 Å². The molecule has 1 nitrogen and oxygen atoms in total. The largest absolute Gasteiger partial charge is 0.390 e. The molecule has 2 fully saturated rings. The molecule has 0 spiro atoms. The zero-order valence-corrected chi connectivity index (χ0v) is 10.5. The van der Waals surface area contributed by atoms with Crippen molar-refractivity contribution < 1.29 is 5.11 Å². The summed E-state index contributed by atoms with van der Waals surface area (Å²) >= 11 is 0. The Hall–Kier alpha value is -0.0400. The Kier molecular flexibility index (Phi) is 3.12. The van der Waals surface area contributed by atoms with Crippen LogP contribution in [0.4, 0.5) is 0 Å². The van der Waals surface area contributed by atoms with E-state index >= 15 is 0 Å². The van der Waals surface area contributed by atoms with Crippen LogP contribution in [0.25, 0.3) is 0 Å². The van der Waals surface area contributed by atoms with Gasteiger partial charge in [-0.3, -0.25) is 0 Å². The van der Waals surface area contributed by atoms with E-state index in [2.05, 4.69) is 13.8 Å². The summed E-state index contributed by atoms with van der Waals surface area (Å²) < 4.78 is 0. The van der Waals surface area contributed by atoms with Crippen molar-refractivity contribution in [2.75, 3.05) is 0 Å². The molecule has 0 saturated heterocycles. The van der Waals surface area contributed by atoms with Crippen LogP contribution in [0.15, 0.2) is 0 Å². The van der Waals surface area contributed by atoms with E-state index in [4.69, 9.17) is 0 Å². The Morgan fingerprint density at radius 2 is 2.00 bits per heavy atom. The predicted molar refractivity (Wildman–Crippen MR) is 63.6 cm³/mol. The standard InChI is InChI=1S/C14H26O/c1-10(2)8-14(3,15)9-13-7-11-4-5-12(13)6-11/h10-13,15H,4-9H2,1-3H3. The normalized spacial score (nSPS) is 38.6. The van der Waals surface area contributed by atoms with Crippen molar-refractivity contribution >= 4 is 0 Å². The Labute approximate surface area is 94.3 Å². The molecule has 0 heterocycles. The molecule has 0 radical (unpaired) electrons. The molecular weight excluding hydrogens is 184 g/mol. The summed E-state index contributed by atoms with van der Waals surface area (Å²) in [5, 5.41) is 10.4. The van der Waals surface area contributed by atoms with E-state index in [1.807, 2.05) is 6.92 Å². The predicted octanol–water partition coefficient (Wildman–Crippen LogP) is 3.61. The summed E-state index contributed by atoms with van der Waals surface area (Å²) in [4.78, 5) is 0. The number of fused-ring (bicyclic) bond motifs is 2. The highest BCUT2D eigenvalue weighted by Crippen LogP contribution is 2.51. The lowest BCUT2D eigenvalue weighted by Crippen LogP contribution is -2.31. The van der Waals surface area contributed by atoms with E-state index in [9.17, 15) is 5.11 Å². The van der Waals surface area contributed by atoms with Gasteiger partial charge >= 0.3 is 0 Å². The molecule has 0 amide bonds. The third-order valence-electron chi connectivity index (χ3n) is 4.43. The van der Waals surface area contributed by atoms with E-state index in [1.54, 1.807) is 0 Å².